The van der Waals surface area contributed by atoms with Crippen molar-refractivity contribution in [3.8, 4) is 0 Å². The van der Waals surface area contributed by atoms with Gasteiger partial charge in [0.15, 0.2) is 0 Å². The largest absolute Gasteiger partial charge is 0.459 e. The second-order valence-electron chi connectivity index (χ2n) is 4.70. The van der Waals surface area contributed by atoms with Crippen LogP contribution in [0.5, 0.6) is 0 Å². The van der Waals surface area contributed by atoms with E-state index in [1.54, 1.807) is 6.92 Å². The summed E-state index contributed by atoms with van der Waals surface area (Å²) in [5.74, 6) is -0.356. The van der Waals surface area contributed by atoms with Crippen LogP contribution >= 0.6 is 0 Å². The Kier molecular flexibility index (Phi) is 4.50. The Labute approximate surface area is 95.9 Å². The molecule has 4 heteroatoms. The molecule has 16 heavy (non-hydrogen) atoms. The van der Waals surface area contributed by atoms with E-state index in [0.29, 0.717) is 31.3 Å². The van der Waals surface area contributed by atoms with E-state index in [-0.39, 0.29) is 30.7 Å². The first-order chi connectivity index (χ1) is 7.53. The second-order valence-corrected chi connectivity index (χ2v) is 4.70. The number of hydrogen-bond donors (Lipinski definition) is 2. The van der Waals surface area contributed by atoms with Crippen LogP contribution in [0.1, 0.15) is 32.6 Å². The number of hydrogen-bond acceptors (Lipinski definition) is 4. The van der Waals surface area contributed by atoms with Crippen LogP contribution in [0.25, 0.3) is 0 Å². The van der Waals surface area contributed by atoms with E-state index in [4.69, 9.17) is 4.74 Å². The van der Waals surface area contributed by atoms with Gasteiger partial charge in [-0.3, -0.25) is 0 Å². The molecule has 0 aromatic heterocycles. The highest BCUT2D eigenvalue weighted by atomic mass is 16.5. The van der Waals surface area contributed by atoms with Crippen molar-refractivity contribution in [1.29, 1.82) is 0 Å². The Hall–Kier alpha value is -0.870. The molecule has 0 bridgehead atoms. The van der Waals surface area contributed by atoms with Gasteiger partial charge in [0.05, 0.1) is 13.2 Å². The van der Waals surface area contributed by atoms with E-state index < -0.39 is 0 Å². The summed E-state index contributed by atoms with van der Waals surface area (Å²) in [6, 6.07) is 0. The molecule has 2 N–H and O–H groups in total. The summed E-state index contributed by atoms with van der Waals surface area (Å²) in [6.45, 7) is 5.13. The van der Waals surface area contributed by atoms with Crippen LogP contribution in [-0.2, 0) is 9.53 Å². The zero-order chi connectivity index (χ0) is 12.2. The van der Waals surface area contributed by atoms with E-state index >= 15 is 0 Å². The molecule has 1 saturated carbocycles. The molecule has 0 spiro atoms. The van der Waals surface area contributed by atoms with Gasteiger partial charge in [0.1, 0.15) is 6.10 Å². The number of rotatable bonds is 4. The van der Waals surface area contributed by atoms with Crippen molar-refractivity contribution >= 4 is 5.97 Å². The summed E-state index contributed by atoms with van der Waals surface area (Å²) >= 11 is 0. The first kappa shape index (κ1) is 13.2. The second kappa shape index (κ2) is 5.46. The number of carbonyl (C=O) groups is 1. The monoisotopic (exact) mass is 228 g/mol. The van der Waals surface area contributed by atoms with Crippen molar-refractivity contribution in [3.63, 3.8) is 0 Å². The maximum atomic E-state index is 11.3. The fourth-order valence-corrected chi connectivity index (χ4v) is 1.94. The van der Waals surface area contributed by atoms with Crippen molar-refractivity contribution in [3.05, 3.63) is 12.2 Å². The third-order valence-corrected chi connectivity index (χ3v) is 3.29. The first-order valence-corrected chi connectivity index (χ1v) is 5.61. The van der Waals surface area contributed by atoms with Gasteiger partial charge in [-0.05, 0) is 32.6 Å². The van der Waals surface area contributed by atoms with Gasteiger partial charge in [0.25, 0.3) is 0 Å². The Morgan fingerprint density at radius 2 is 1.88 bits per heavy atom. The SMILES string of the molecule is C=C(C)C(=O)OC1CCC(CO)(CO)CC1. The van der Waals surface area contributed by atoms with Gasteiger partial charge in [0, 0.05) is 11.0 Å². The van der Waals surface area contributed by atoms with Gasteiger partial charge in [-0.25, -0.2) is 4.79 Å². The summed E-state index contributed by atoms with van der Waals surface area (Å²) in [6.07, 6.45) is 2.66. The predicted octanol–water partition coefficient (Wildman–Crippen LogP) is 1.02. The number of ether oxygens (including phenoxy) is 1. The van der Waals surface area contributed by atoms with Crippen LogP contribution in [0.3, 0.4) is 0 Å². The summed E-state index contributed by atoms with van der Waals surface area (Å²) < 4.78 is 5.23. The van der Waals surface area contributed by atoms with E-state index in [0.717, 1.165) is 0 Å². The molecule has 1 aliphatic carbocycles. The van der Waals surface area contributed by atoms with Crippen LogP contribution in [0.15, 0.2) is 12.2 Å². The van der Waals surface area contributed by atoms with Gasteiger partial charge < -0.3 is 14.9 Å². The van der Waals surface area contributed by atoms with Crippen LogP contribution in [-0.4, -0.2) is 35.5 Å². The molecular weight excluding hydrogens is 208 g/mol. The number of aliphatic hydroxyl groups excluding tert-OH is 2. The van der Waals surface area contributed by atoms with Crippen molar-refractivity contribution in [2.45, 2.75) is 38.7 Å². The fraction of sp³-hybridized carbons (Fsp3) is 0.750. The summed E-state index contributed by atoms with van der Waals surface area (Å²) in [7, 11) is 0. The van der Waals surface area contributed by atoms with E-state index in [2.05, 4.69) is 6.58 Å². The minimum atomic E-state index is -0.383. The van der Waals surface area contributed by atoms with E-state index in [9.17, 15) is 15.0 Å². The molecule has 1 rings (SSSR count). The van der Waals surface area contributed by atoms with Crippen LogP contribution in [0, 0.1) is 5.41 Å². The minimum absolute atomic E-state index is 0.00927. The van der Waals surface area contributed by atoms with Crippen molar-refractivity contribution in [1.82, 2.24) is 0 Å². The third kappa shape index (κ3) is 3.06. The van der Waals surface area contributed by atoms with E-state index in [1.165, 1.54) is 0 Å². The van der Waals surface area contributed by atoms with Gasteiger partial charge in [-0.1, -0.05) is 6.58 Å². The molecule has 0 aromatic rings. The lowest BCUT2D eigenvalue weighted by Gasteiger charge is -2.37. The number of esters is 1. The smallest absolute Gasteiger partial charge is 0.333 e. The topological polar surface area (TPSA) is 66.8 Å². The molecule has 0 heterocycles. The quantitative estimate of drug-likeness (QED) is 0.557. The lowest BCUT2D eigenvalue weighted by Crippen LogP contribution is -2.37. The zero-order valence-electron chi connectivity index (χ0n) is 9.74. The van der Waals surface area contributed by atoms with Crippen LogP contribution < -0.4 is 0 Å². The number of aliphatic hydroxyl groups is 2. The zero-order valence-corrected chi connectivity index (χ0v) is 9.74. The highest BCUT2D eigenvalue weighted by Gasteiger charge is 2.35. The van der Waals surface area contributed by atoms with Crippen LogP contribution in [0.2, 0.25) is 0 Å². The molecule has 0 aliphatic heterocycles. The molecule has 0 unspecified atom stereocenters. The third-order valence-electron chi connectivity index (χ3n) is 3.29. The van der Waals surface area contributed by atoms with Gasteiger partial charge in [-0.2, -0.15) is 0 Å². The molecule has 0 aromatic carbocycles. The average molecular weight is 228 g/mol. The average Bonchev–Trinajstić information content (AvgIpc) is 2.30. The predicted molar refractivity (Wildman–Crippen MR) is 59.8 cm³/mol. The molecule has 0 radical (unpaired) electrons. The summed E-state index contributed by atoms with van der Waals surface area (Å²) in [4.78, 5) is 11.3. The maximum Gasteiger partial charge on any atom is 0.333 e. The number of carbonyl (C=O) groups excluding carboxylic acids is 1. The Bertz CT molecular complexity index is 258. The highest BCUT2D eigenvalue weighted by molar-refractivity contribution is 5.87. The molecule has 0 saturated heterocycles. The summed E-state index contributed by atoms with van der Waals surface area (Å²) in [5, 5.41) is 18.4. The Morgan fingerprint density at radius 1 is 1.38 bits per heavy atom. The highest BCUT2D eigenvalue weighted by Crippen LogP contribution is 2.36. The lowest BCUT2D eigenvalue weighted by atomic mass is 9.74. The molecule has 0 atom stereocenters. The Balaban J connectivity index is 2.43. The van der Waals surface area contributed by atoms with Gasteiger partial charge >= 0.3 is 5.97 Å². The van der Waals surface area contributed by atoms with Crippen molar-refractivity contribution < 1.29 is 19.7 Å². The van der Waals surface area contributed by atoms with Gasteiger partial charge in [0.2, 0.25) is 0 Å². The molecular formula is C12H20O4. The Morgan fingerprint density at radius 3 is 2.25 bits per heavy atom. The lowest BCUT2D eigenvalue weighted by molar-refractivity contribution is -0.147. The summed E-state index contributed by atoms with van der Waals surface area (Å²) in [5.41, 5.74) is 0.0210. The maximum absolute atomic E-state index is 11.3. The molecule has 1 fully saturated rings. The molecule has 0 amide bonds. The van der Waals surface area contributed by atoms with Crippen LogP contribution in [0.4, 0.5) is 0 Å². The normalized spacial score (nSPS) is 20.4. The minimum Gasteiger partial charge on any atom is -0.459 e. The van der Waals surface area contributed by atoms with Crippen molar-refractivity contribution in [2.24, 2.45) is 5.41 Å². The van der Waals surface area contributed by atoms with E-state index in [1.807, 2.05) is 0 Å². The standard InChI is InChI=1S/C12H20O4/c1-9(2)11(15)16-10-3-5-12(7-13,8-14)6-4-10/h10,13-14H,1,3-8H2,2H3. The van der Waals surface area contributed by atoms with Gasteiger partial charge in [-0.15, -0.1) is 0 Å². The molecule has 1 aliphatic rings. The van der Waals surface area contributed by atoms with Crippen molar-refractivity contribution in [2.75, 3.05) is 13.2 Å². The fourth-order valence-electron chi connectivity index (χ4n) is 1.94. The molecule has 4 nitrogen and oxygen atoms in total. The molecule has 92 valence electrons. The first-order valence-electron chi connectivity index (χ1n) is 5.61.